The zero-order valence-electron chi connectivity index (χ0n) is 13.1. The summed E-state index contributed by atoms with van der Waals surface area (Å²) in [6.07, 6.45) is 6.19. The van der Waals surface area contributed by atoms with Crippen LogP contribution < -0.4 is 5.32 Å². The van der Waals surface area contributed by atoms with E-state index in [2.05, 4.69) is 17.1 Å². The Morgan fingerprint density at radius 1 is 1.41 bits per heavy atom. The number of hydrogen-bond acceptors (Lipinski definition) is 3. The lowest BCUT2D eigenvalue weighted by molar-refractivity contribution is -0.132. The second kappa shape index (κ2) is 6.41. The maximum Gasteiger partial charge on any atom is 0.224 e. The van der Waals surface area contributed by atoms with E-state index in [4.69, 9.17) is 0 Å². The smallest absolute Gasteiger partial charge is 0.224 e. The van der Waals surface area contributed by atoms with Crippen LogP contribution in [0.3, 0.4) is 0 Å². The minimum absolute atomic E-state index is 0.0837. The van der Waals surface area contributed by atoms with Gasteiger partial charge in [0.1, 0.15) is 0 Å². The molecule has 2 aliphatic rings. The van der Waals surface area contributed by atoms with Gasteiger partial charge in [0.15, 0.2) is 0 Å². The Bertz CT molecular complexity index is 533. The topological polar surface area (TPSA) is 49.4 Å². The van der Waals surface area contributed by atoms with Crippen LogP contribution >= 0.6 is 11.3 Å². The van der Waals surface area contributed by atoms with Crippen LogP contribution in [0.15, 0.2) is 16.8 Å². The number of rotatable bonds is 4. The van der Waals surface area contributed by atoms with E-state index in [-0.39, 0.29) is 17.5 Å². The Kier molecular flexibility index (Phi) is 4.52. The molecule has 0 radical (unpaired) electrons. The van der Waals surface area contributed by atoms with Crippen LogP contribution in [0.25, 0.3) is 0 Å². The fourth-order valence-electron chi connectivity index (χ4n) is 4.06. The fraction of sp³-hybridized carbons (Fsp3) is 0.647. The lowest BCUT2D eigenvalue weighted by Crippen LogP contribution is -2.51. The summed E-state index contributed by atoms with van der Waals surface area (Å²) >= 11 is 1.63. The monoisotopic (exact) mass is 320 g/mol. The summed E-state index contributed by atoms with van der Waals surface area (Å²) in [5, 5.41) is 7.20. The molecule has 4 nitrogen and oxygen atoms in total. The predicted molar refractivity (Wildman–Crippen MR) is 87.8 cm³/mol. The summed E-state index contributed by atoms with van der Waals surface area (Å²) in [7, 11) is 0. The van der Waals surface area contributed by atoms with Crippen molar-refractivity contribution >= 4 is 23.2 Å². The molecule has 1 N–H and O–H groups in total. The van der Waals surface area contributed by atoms with Crippen LogP contribution in [-0.2, 0) is 16.0 Å². The Balaban J connectivity index is 1.51. The number of nitrogens with one attached hydrogen (secondary N) is 1. The van der Waals surface area contributed by atoms with E-state index < -0.39 is 0 Å². The molecule has 1 aromatic heterocycles. The van der Waals surface area contributed by atoms with Crippen molar-refractivity contribution in [1.29, 1.82) is 0 Å². The minimum Gasteiger partial charge on any atom is -0.353 e. The second-order valence-electron chi connectivity index (χ2n) is 6.51. The van der Waals surface area contributed by atoms with Crippen molar-refractivity contribution in [3.8, 4) is 0 Å². The van der Waals surface area contributed by atoms with Gasteiger partial charge in [-0.15, -0.1) is 0 Å². The van der Waals surface area contributed by atoms with Crippen LogP contribution in [0.2, 0.25) is 0 Å². The van der Waals surface area contributed by atoms with Gasteiger partial charge < -0.3 is 10.2 Å². The summed E-state index contributed by atoms with van der Waals surface area (Å²) in [5.41, 5.74) is 1.17. The second-order valence-corrected chi connectivity index (χ2v) is 7.29. The maximum absolute atomic E-state index is 12.1. The van der Waals surface area contributed by atoms with Gasteiger partial charge in [0.05, 0.1) is 6.42 Å². The third kappa shape index (κ3) is 3.05. The summed E-state index contributed by atoms with van der Waals surface area (Å²) in [6, 6.07) is 2.27. The van der Waals surface area contributed by atoms with Crippen molar-refractivity contribution < 1.29 is 9.59 Å². The van der Waals surface area contributed by atoms with Gasteiger partial charge in [0.25, 0.3) is 0 Å². The first kappa shape index (κ1) is 15.5. The molecule has 5 heteroatoms. The average Bonchev–Trinajstić information content (AvgIpc) is 3.10. The van der Waals surface area contributed by atoms with Gasteiger partial charge in [-0.1, -0.05) is 0 Å². The Hall–Kier alpha value is -1.36. The Morgan fingerprint density at radius 2 is 2.18 bits per heavy atom. The molecule has 2 heterocycles. The molecular formula is C17H24N2O2S. The Labute approximate surface area is 135 Å². The molecule has 1 spiro atoms. The lowest BCUT2D eigenvalue weighted by atomic mass is 9.77. The first-order valence-electron chi connectivity index (χ1n) is 8.24. The van der Waals surface area contributed by atoms with E-state index in [1.807, 2.05) is 16.8 Å². The minimum atomic E-state index is 0.0837. The summed E-state index contributed by atoms with van der Waals surface area (Å²) < 4.78 is 0. The maximum atomic E-state index is 12.1. The van der Waals surface area contributed by atoms with Crippen LogP contribution in [0, 0.1) is 0 Å². The van der Waals surface area contributed by atoms with Crippen molar-refractivity contribution in [2.45, 2.75) is 63.5 Å². The first-order valence-corrected chi connectivity index (χ1v) is 9.18. The van der Waals surface area contributed by atoms with E-state index in [1.165, 1.54) is 0 Å². The number of carbonyl (C=O) groups excluding carboxylic acids is 2. The van der Waals surface area contributed by atoms with E-state index in [0.29, 0.717) is 18.7 Å². The number of amides is 2. The van der Waals surface area contributed by atoms with Gasteiger partial charge >= 0.3 is 0 Å². The van der Waals surface area contributed by atoms with Gasteiger partial charge in [-0.05, 0) is 61.4 Å². The molecule has 1 aliphatic carbocycles. The molecule has 2 amide bonds. The van der Waals surface area contributed by atoms with Gasteiger partial charge in [0.2, 0.25) is 11.8 Å². The largest absolute Gasteiger partial charge is 0.353 e. The van der Waals surface area contributed by atoms with Gasteiger partial charge in [-0.25, -0.2) is 0 Å². The predicted octanol–water partition coefficient (Wildman–Crippen LogP) is 2.73. The fourth-order valence-corrected chi connectivity index (χ4v) is 4.73. The third-order valence-corrected chi connectivity index (χ3v) is 5.95. The van der Waals surface area contributed by atoms with Crippen molar-refractivity contribution in [2.24, 2.45) is 0 Å². The van der Waals surface area contributed by atoms with Gasteiger partial charge in [0, 0.05) is 24.5 Å². The average molecular weight is 320 g/mol. The number of likely N-dealkylation sites (tertiary alicyclic amines) is 1. The van der Waals surface area contributed by atoms with Crippen molar-refractivity contribution in [1.82, 2.24) is 10.2 Å². The molecule has 0 aromatic carbocycles. The highest BCUT2D eigenvalue weighted by molar-refractivity contribution is 7.07. The normalized spacial score (nSPS) is 28.3. The number of hydrogen-bond donors (Lipinski definition) is 1. The van der Waals surface area contributed by atoms with E-state index in [9.17, 15) is 9.59 Å². The molecular weight excluding hydrogens is 296 g/mol. The SMILES string of the molecule is CCN1C(=O)CCC12CCC(NC(=O)Cc1ccsc1)CC2. The molecule has 2 fully saturated rings. The molecule has 0 bridgehead atoms. The van der Waals surface area contributed by atoms with Gasteiger partial charge in [-0.3, -0.25) is 9.59 Å². The van der Waals surface area contributed by atoms with Crippen LogP contribution in [-0.4, -0.2) is 34.8 Å². The summed E-state index contributed by atoms with van der Waals surface area (Å²) in [5.74, 6) is 0.427. The quantitative estimate of drug-likeness (QED) is 0.927. The van der Waals surface area contributed by atoms with Crippen LogP contribution in [0.4, 0.5) is 0 Å². The lowest BCUT2D eigenvalue weighted by Gasteiger charge is -2.43. The highest BCUT2D eigenvalue weighted by Gasteiger charge is 2.46. The molecule has 1 aliphatic heterocycles. The van der Waals surface area contributed by atoms with Crippen molar-refractivity contribution in [2.75, 3.05) is 6.54 Å². The van der Waals surface area contributed by atoms with Crippen molar-refractivity contribution in [3.63, 3.8) is 0 Å². The molecule has 1 saturated carbocycles. The van der Waals surface area contributed by atoms with E-state index in [1.54, 1.807) is 11.3 Å². The molecule has 22 heavy (non-hydrogen) atoms. The van der Waals surface area contributed by atoms with Crippen LogP contribution in [0.5, 0.6) is 0 Å². The zero-order valence-corrected chi connectivity index (χ0v) is 14.0. The summed E-state index contributed by atoms with van der Waals surface area (Å²) in [6.45, 7) is 2.88. The molecule has 3 rings (SSSR count). The molecule has 120 valence electrons. The third-order valence-electron chi connectivity index (χ3n) is 5.22. The number of carbonyl (C=O) groups is 2. The van der Waals surface area contributed by atoms with Gasteiger partial charge in [-0.2, -0.15) is 11.3 Å². The van der Waals surface area contributed by atoms with Crippen molar-refractivity contribution in [3.05, 3.63) is 22.4 Å². The van der Waals surface area contributed by atoms with E-state index >= 15 is 0 Å². The molecule has 0 unspecified atom stereocenters. The molecule has 0 atom stereocenters. The first-order chi connectivity index (χ1) is 10.6. The van der Waals surface area contributed by atoms with Crippen LogP contribution in [0.1, 0.15) is 51.0 Å². The zero-order chi connectivity index (χ0) is 15.6. The number of nitrogens with zero attached hydrogens (tertiary/aromatic N) is 1. The Morgan fingerprint density at radius 3 is 2.82 bits per heavy atom. The molecule has 1 saturated heterocycles. The van der Waals surface area contributed by atoms with E-state index in [0.717, 1.165) is 44.2 Å². The number of thiophene rings is 1. The standard InChI is InChI=1S/C17H24N2O2S/c1-2-19-16(21)5-9-17(19)7-3-14(4-8-17)18-15(20)11-13-6-10-22-12-13/h6,10,12,14H,2-5,7-9,11H2,1H3,(H,18,20). The highest BCUT2D eigenvalue weighted by atomic mass is 32.1. The highest BCUT2D eigenvalue weighted by Crippen LogP contribution is 2.42. The molecule has 1 aromatic rings. The summed E-state index contributed by atoms with van der Waals surface area (Å²) in [4.78, 5) is 26.1.